The van der Waals surface area contributed by atoms with Crippen molar-refractivity contribution in [3.8, 4) is 28.5 Å². The van der Waals surface area contributed by atoms with Gasteiger partial charge in [-0.1, -0.05) is 6.07 Å². The predicted molar refractivity (Wildman–Crippen MR) is 153 cm³/mol. The zero-order valence-electron chi connectivity index (χ0n) is 23.8. The summed E-state index contributed by atoms with van der Waals surface area (Å²) in [4.78, 5) is 19.9. The van der Waals surface area contributed by atoms with E-state index in [9.17, 15) is 13.6 Å². The van der Waals surface area contributed by atoms with Crippen molar-refractivity contribution in [1.82, 2.24) is 4.98 Å². The van der Waals surface area contributed by atoms with E-state index in [1.54, 1.807) is 6.07 Å². The van der Waals surface area contributed by atoms with Crippen molar-refractivity contribution in [3.63, 3.8) is 0 Å². The Labute approximate surface area is 247 Å². The molecule has 0 saturated carbocycles. The highest BCUT2D eigenvalue weighted by Gasteiger charge is 2.43. The number of carbonyl (C=O) groups excluding carboxylic acids is 1. The molecule has 3 aliphatic rings. The molecular formula is C31H33F2N3O7. The molecule has 1 unspecified atom stereocenters. The summed E-state index contributed by atoms with van der Waals surface area (Å²) in [6, 6.07) is 13.3. The van der Waals surface area contributed by atoms with Gasteiger partial charge in [-0.2, -0.15) is 4.98 Å². The number of nitrogens with zero attached hydrogens (tertiary/aromatic N) is 2. The number of morpholine rings is 1. The number of amides is 1. The van der Waals surface area contributed by atoms with Crippen LogP contribution in [-0.4, -0.2) is 69.6 Å². The lowest BCUT2D eigenvalue weighted by Crippen LogP contribution is -2.36. The molecule has 0 aliphatic carbocycles. The van der Waals surface area contributed by atoms with Crippen LogP contribution in [0.5, 0.6) is 17.4 Å². The maximum atomic E-state index is 13.4. The fourth-order valence-electron chi connectivity index (χ4n) is 5.15. The first kappa shape index (κ1) is 29.1. The minimum absolute atomic E-state index is 0.125. The quantitative estimate of drug-likeness (QED) is 0.326. The van der Waals surface area contributed by atoms with Crippen molar-refractivity contribution in [2.24, 2.45) is 0 Å². The van der Waals surface area contributed by atoms with Gasteiger partial charge in [-0.15, -0.1) is 8.78 Å². The first-order chi connectivity index (χ1) is 20.8. The van der Waals surface area contributed by atoms with Crippen LogP contribution in [0, 0.1) is 6.92 Å². The SMILES string of the molecule is Cc1ccc(NC(=O)c2ccc3c(c2)OC(F)(F)O3)cc1-c1cc(OCCOC2CCCCO2)nc(N2CCOCC2)c1. The van der Waals surface area contributed by atoms with Crippen molar-refractivity contribution in [1.29, 1.82) is 0 Å². The van der Waals surface area contributed by atoms with Crippen LogP contribution in [0.25, 0.3) is 11.1 Å². The molecule has 0 spiro atoms. The molecule has 0 radical (unpaired) electrons. The largest absolute Gasteiger partial charge is 0.586 e. The van der Waals surface area contributed by atoms with Crippen LogP contribution >= 0.6 is 0 Å². The van der Waals surface area contributed by atoms with Crippen molar-refractivity contribution < 1.29 is 42.0 Å². The number of hydrogen-bond acceptors (Lipinski definition) is 9. The minimum Gasteiger partial charge on any atom is -0.475 e. The summed E-state index contributed by atoms with van der Waals surface area (Å²) in [5.41, 5.74) is 3.39. The molecule has 2 aromatic carbocycles. The first-order valence-corrected chi connectivity index (χ1v) is 14.4. The summed E-state index contributed by atoms with van der Waals surface area (Å²) >= 11 is 0. The molecular weight excluding hydrogens is 564 g/mol. The molecule has 0 bridgehead atoms. The van der Waals surface area contributed by atoms with E-state index in [1.807, 2.05) is 31.2 Å². The van der Waals surface area contributed by atoms with Gasteiger partial charge in [0.1, 0.15) is 12.4 Å². The van der Waals surface area contributed by atoms with Crippen LogP contribution < -0.4 is 24.4 Å². The number of halogens is 2. The monoisotopic (exact) mass is 597 g/mol. The molecule has 1 N–H and O–H groups in total. The van der Waals surface area contributed by atoms with Crippen LogP contribution in [0.4, 0.5) is 20.3 Å². The van der Waals surface area contributed by atoms with Crippen molar-refractivity contribution >= 4 is 17.4 Å². The van der Waals surface area contributed by atoms with E-state index in [4.69, 9.17) is 23.9 Å². The second kappa shape index (κ2) is 12.7. The van der Waals surface area contributed by atoms with Crippen LogP contribution in [0.1, 0.15) is 35.2 Å². The van der Waals surface area contributed by atoms with Gasteiger partial charge in [-0.25, -0.2) is 0 Å². The predicted octanol–water partition coefficient (Wildman–Crippen LogP) is 5.39. The van der Waals surface area contributed by atoms with Gasteiger partial charge in [-0.3, -0.25) is 4.79 Å². The Balaban J connectivity index is 1.20. The lowest BCUT2D eigenvalue weighted by Gasteiger charge is -2.28. The van der Waals surface area contributed by atoms with Gasteiger partial charge in [-0.05, 0) is 79.3 Å². The Hall–Kier alpha value is -4.00. The van der Waals surface area contributed by atoms with Gasteiger partial charge >= 0.3 is 6.29 Å². The summed E-state index contributed by atoms with van der Waals surface area (Å²) < 4.78 is 58.8. The molecule has 1 aromatic heterocycles. The Morgan fingerprint density at radius 1 is 1.02 bits per heavy atom. The molecule has 4 heterocycles. The standard InChI is InChI=1S/C31H33F2N3O7/c1-20-5-7-23(34-30(37)21-6-8-25-26(16-21)43-31(32,33)42-25)19-24(20)22-17-27(36-9-12-38-13-10-36)35-28(18-22)39-14-15-41-29-4-2-3-11-40-29/h5-8,16-19,29H,2-4,9-15H2,1H3,(H,34,37). The number of alkyl halides is 2. The molecule has 1 atom stereocenters. The number of ether oxygens (including phenoxy) is 6. The highest BCUT2D eigenvalue weighted by molar-refractivity contribution is 6.05. The molecule has 6 rings (SSSR count). The van der Waals surface area contributed by atoms with Crippen molar-refractivity contribution in [3.05, 3.63) is 59.7 Å². The number of fused-ring (bicyclic) bond motifs is 1. The number of aromatic nitrogens is 1. The fourth-order valence-corrected chi connectivity index (χ4v) is 5.15. The number of anilines is 2. The second-order valence-corrected chi connectivity index (χ2v) is 10.5. The Kier molecular flexibility index (Phi) is 8.59. The molecule has 2 saturated heterocycles. The average molecular weight is 598 g/mol. The number of aryl methyl sites for hydroxylation is 1. The maximum absolute atomic E-state index is 13.4. The summed E-state index contributed by atoms with van der Waals surface area (Å²) in [6.07, 6.45) is -0.924. The third-order valence-corrected chi connectivity index (χ3v) is 7.37. The zero-order valence-corrected chi connectivity index (χ0v) is 23.8. The van der Waals surface area contributed by atoms with Gasteiger partial charge in [0.25, 0.3) is 5.91 Å². The summed E-state index contributed by atoms with van der Waals surface area (Å²) in [5.74, 6) is 0.418. The third kappa shape index (κ3) is 7.15. The number of hydrogen-bond donors (Lipinski definition) is 1. The van der Waals surface area contributed by atoms with E-state index in [0.717, 1.165) is 41.8 Å². The van der Waals surface area contributed by atoms with E-state index < -0.39 is 12.2 Å². The topological polar surface area (TPSA) is 101 Å². The van der Waals surface area contributed by atoms with Gasteiger partial charge < -0.3 is 38.6 Å². The molecule has 43 heavy (non-hydrogen) atoms. The third-order valence-electron chi connectivity index (χ3n) is 7.37. The van der Waals surface area contributed by atoms with Gasteiger partial charge in [0, 0.05) is 37.0 Å². The Bertz CT molecular complexity index is 1460. The average Bonchev–Trinajstić information content (AvgIpc) is 3.34. The summed E-state index contributed by atoms with van der Waals surface area (Å²) in [6.45, 7) is 6.00. The van der Waals surface area contributed by atoms with E-state index in [2.05, 4.69) is 19.7 Å². The van der Waals surface area contributed by atoms with Crippen molar-refractivity contribution in [2.75, 3.05) is 56.3 Å². The lowest BCUT2D eigenvalue weighted by molar-refractivity contribution is -0.286. The number of rotatable bonds is 9. The number of benzene rings is 2. The second-order valence-electron chi connectivity index (χ2n) is 10.5. The highest BCUT2D eigenvalue weighted by Crippen LogP contribution is 2.41. The first-order valence-electron chi connectivity index (χ1n) is 14.4. The Morgan fingerprint density at radius 3 is 2.67 bits per heavy atom. The van der Waals surface area contributed by atoms with Crippen LogP contribution in [0.3, 0.4) is 0 Å². The van der Waals surface area contributed by atoms with Crippen LogP contribution in [-0.2, 0) is 14.2 Å². The number of carbonyl (C=O) groups is 1. The number of nitrogens with one attached hydrogen (secondary N) is 1. The molecule has 10 nitrogen and oxygen atoms in total. The fraction of sp³-hybridized carbons (Fsp3) is 0.419. The van der Waals surface area contributed by atoms with Crippen LogP contribution in [0.15, 0.2) is 48.5 Å². The highest BCUT2D eigenvalue weighted by atomic mass is 19.3. The van der Waals surface area contributed by atoms with E-state index in [-0.39, 0.29) is 23.4 Å². The van der Waals surface area contributed by atoms with E-state index >= 15 is 0 Å². The number of pyridine rings is 1. The summed E-state index contributed by atoms with van der Waals surface area (Å²) in [5, 5.41) is 2.85. The minimum atomic E-state index is -3.76. The molecule has 228 valence electrons. The van der Waals surface area contributed by atoms with E-state index in [1.165, 1.54) is 18.2 Å². The Morgan fingerprint density at radius 2 is 1.86 bits per heavy atom. The van der Waals surface area contributed by atoms with Gasteiger partial charge in [0.2, 0.25) is 5.88 Å². The normalized spacial score (nSPS) is 19.2. The smallest absolute Gasteiger partial charge is 0.475 e. The van der Waals surface area contributed by atoms with Crippen molar-refractivity contribution in [2.45, 2.75) is 38.8 Å². The maximum Gasteiger partial charge on any atom is 0.586 e. The molecule has 2 fully saturated rings. The van der Waals surface area contributed by atoms with Gasteiger partial charge in [0.15, 0.2) is 17.8 Å². The molecule has 3 aliphatic heterocycles. The van der Waals surface area contributed by atoms with Crippen LogP contribution in [0.2, 0.25) is 0 Å². The van der Waals surface area contributed by atoms with E-state index in [0.29, 0.717) is 57.7 Å². The molecule has 12 heteroatoms. The lowest BCUT2D eigenvalue weighted by atomic mass is 10.00. The van der Waals surface area contributed by atoms with Gasteiger partial charge in [0.05, 0.1) is 19.8 Å². The molecule has 1 amide bonds. The zero-order chi connectivity index (χ0) is 29.8. The molecule has 3 aromatic rings. The summed E-state index contributed by atoms with van der Waals surface area (Å²) in [7, 11) is 0.